The maximum absolute atomic E-state index is 13.3. The molecule has 2 heterocycles. The second-order valence-corrected chi connectivity index (χ2v) is 10.4. The zero-order chi connectivity index (χ0) is 22.2. The molecule has 2 aliphatic heterocycles. The average Bonchev–Trinajstić information content (AvgIpc) is 2.79. The molecule has 0 unspecified atom stereocenters. The van der Waals surface area contributed by atoms with Crippen molar-refractivity contribution in [3.05, 3.63) is 53.1 Å². The second kappa shape index (κ2) is 8.63. The Morgan fingerprint density at radius 3 is 2.39 bits per heavy atom. The van der Waals surface area contributed by atoms with E-state index in [1.807, 2.05) is 6.92 Å². The lowest BCUT2D eigenvalue weighted by Gasteiger charge is -2.36. The van der Waals surface area contributed by atoms with Gasteiger partial charge < -0.3 is 9.80 Å². The monoisotopic (exact) mass is 441 g/mol. The minimum atomic E-state index is -3.56. The van der Waals surface area contributed by atoms with Crippen LogP contribution in [0.2, 0.25) is 0 Å². The van der Waals surface area contributed by atoms with Crippen molar-refractivity contribution in [2.75, 3.05) is 42.5 Å². The number of piperazine rings is 1. The Labute approximate surface area is 185 Å². The summed E-state index contributed by atoms with van der Waals surface area (Å²) in [6.45, 7) is 9.01. The van der Waals surface area contributed by atoms with Crippen molar-refractivity contribution >= 4 is 27.3 Å². The van der Waals surface area contributed by atoms with Crippen LogP contribution in [-0.4, -0.2) is 51.4 Å². The summed E-state index contributed by atoms with van der Waals surface area (Å²) < 4.78 is 28.3. The quantitative estimate of drug-likeness (QED) is 0.729. The number of sulfonamides is 1. The van der Waals surface area contributed by atoms with Crippen LogP contribution in [0.4, 0.5) is 11.4 Å². The lowest BCUT2D eigenvalue weighted by molar-refractivity contribution is -0.118. The summed E-state index contributed by atoms with van der Waals surface area (Å²) in [5.41, 5.74) is 5.41. The lowest BCUT2D eigenvalue weighted by Crippen LogP contribution is -2.48. The molecule has 166 valence electrons. The summed E-state index contributed by atoms with van der Waals surface area (Å²) in [5.74, 6) is 0.0825. The van der Waals surface area contributed by atoms with Crippen LogP contribution in [0.1, 0.15) is 36.5 Å². The molecule has 0 radical (unpaired) electrons. The molecule has 0 spiro atoms. The van der Waals surface area contributed by atoms with Crippen molar-refractivity contribution in [1.29, 1.82) is 0 Å². The Balaban J connectivity index is 1.52. The van der Waals surface area contributed by atoms with Crippen LogP contribution in [0.25, 0.3) is 0 Å². The van der Waals surface area contributed by atoms with E-state index in [0.29, 0.717) is 44.0 Å². The zero-order valence-corrected chi connectivity index (χ0v) is 19.4. The van der Waals surface area contributed by atoms with Crippen LogP contribution in [-0.2, 0) is 21.2 Å². The van der Waals surface area contributed by atoms with Gasteiger partial charge in [0.25, 0.3) is 0 Å². The van der Waals surface area contributed by atoms with Crippen LogP contribution in [0.15, 0.2) is 41.3 Å². The summed E-state index contributed by atoms with van der Waals surface area (Å²) in [4.78, 5) is 16.6. The molecule has 4 rings (SSSR count). The first-order valence-corrected chi connectivity index (χ1v) is 12.5. The van der Waals surface area contributed by atoms with Crippen molar-refractivity contribution in [3.8, 4) is 0 Å². The number of amides is 1. The third-order valence-corrected chi connectivity index (χ3v) is 8.25. The minimum absolute atomic E-state index is 0.0825. The molecule has 1 amide bonds. The summed E-state index contributed by atoms with van der Waals surface area (Å²) in [7, 11) is -3.56. The molecule has 6 nitrogen and oxygen atoms in total. The van der Waals surface area contributed by atoms with Crippen LogP contribution in [0.3, 0.4) is 0 Å². The number of carbonyl (C=O) groups excluding carboxylic acids is 1. The minimum Gasteiger partial charge on any atom is -0.369 e. The molecular formula is C24H31N3O3S. The van der Waals surface area contributed by atoms with Gasteiger partial charge in [-0.2, -0.15) is 4.31 Å². The van der Waals surface area contributed by atoms with Gasteiger partial charge in [0.15, 0.2) is 0 Å². The van der Waals surface area contributed by atoms with E-state index in [-0.39, 0.29) is 5.91 Å². The van der Waals surface area contributed by atoms with E-state index >= 15 is 0 Å². The van der Waals surface area contributed by atoms with E-state index < -0.39 is 10.0 Å². The van der Waals surface area contributed by atoms with Crippen molar-refractivity contribution < 1.29 is 13.2 Å². The molecular weight excluding hydrogens is 410 g/mol. The van der Waals surface area contributed by atoms with Crippen molar-refractivity contribution in [3.63, 3.8) is 0 Å². The topological polar surface area (TPSA) is 60.9 Å². The first-order valence-electron chi connectivity index (χ1n) is 11.1. The van der Waals surface area contributed by atoms with Gasteiger partial charge in [-0.15, -0.1) is 0 Å². The van der Waals surface area contributed by atoms with Gasteiger partial charge in [-0.1, -0.05) is 19.1 Å². The number of hydrogen-bond donors (Lipinski definition) is 0. The van der Waals surface area contributed by atoms with Gasteiger partial charge in [-0.3, -0.25) is 4.79 Å². The summed E-state index contributed by atoms with van der Waals surface area (Å²) >= 11 is 0. The predicted octanol–water partition coefficient (Wildman–Crippen LogP) is 3.50. The largest absolute Gasteiger partial charge is 0.369 e. The second-order valence-electron chi connectivity index (χ2n) is 8.47. The van der Waals surface area contributed by atoms with Gasteiger partial charge in [0.1, 0.15) is 0 Å². The molecule has 0 aromatic heterocycles. The Kier molecular flexibility index (Phi) is 6.08. The Morgan fingerprint density at radius 1 is 0.935 bits per heavy atom. The zero-order valence-electron chi connectivity index (χ0n) is 18.6. The van der Waals surface area contributed by atoms with Gasteiger partial charge >= 0.3 is 0 Å². The molecule has 0 atom stereocenters. The van der Waals surface area contributed by atoms with E-state index in [2.05, 4.69) is 36.9 Å². The molecule has 0 bridgehead atoms. The number of aryl methyl sites for hydroxylation is 3. The molecule has 1 fully saturated rings. The van der Waals surface area contributed by atoms with Gasteiger partial charge in [-0.05, 0) is 67.6 Å². The highest BCUT2D eigenvalue weighted by Gasteiger charge is 2.30. The number of benzene rings is 2. The van der Waals surface area contributed by atoms with Crippen LogP contribution in [0, 0.1) is 13.8 Å². The van der Waals surface area contributed by atoms with E-state index in [4.69, 9.17) is 0 Å². The molecule has 2 aromatic carbocycles. The van der Waals surface area contributed by atoms with E-state index in [0.717, 1.165) is 24.1 Å². The number of anilines is 2. The predicted molar refractivity (Wildman–Crippen MR) is 124 cm³/mol. The fourth-order valence-electron chi connectivity index (χ4n) is 4.56. The Morgan fingerprint density at radius 2 is 1.68 bits per heavy atom. The van der Waals surface area contributed by atoms with Gasteiger partial charge in [0.2, 0.25) is 15.9 Å². The molecule has 2 aliphatic rings. The first kappa shape index (κ1) is 21.8. The highest BCUT2D eigenvalue weighted by atomic mass is 32.2. The summed E-state index contributed by atoms with van der Waals surface area (Å²) in [5, 5.41) is 0. The van der Waals surface area contributed by atoms with Crippen molar-refractivity contribution in [1.82, 2.24) is 4.31 Å². The molecule has 1 saturated heterocycles. The number of nitrogens with zero attached hydrogens (tertiary/aromatic N) is 3. The van der Waals surface area contributed by atoms with E-state index in [1.165, 1.54) is 16.8 Å². The average molecular weight is 442 g/mol. The first-order chi connectivity index (χ1) is 14.8. The maximum Gasteiger partial charge on any atom is 0.243 e. The van der Waals surface area contributed by atoms with Crippen LogP contribution in [0.5, 0.6) is 0 Å². The fraction of sp³-hybridized carbons (Fsp3) is 0.458. The highest BCUT2D eigenvalue weighted by molar-refractivity contribution is 7.89. The van der Waals surface area contributed by atoms with Crippen LogP contribution < -0.4 is 9.80 Å². The van der Waals surface area contributed by atoms with Gasteiger partial charge in [0.05, 0.1) is 4.90 Å². The normalized spacial score (nSPS) is 17.5. The molecule has 0 aliphatic carbocycles. The summed E-state index contributed by atoms with van der Waals surface area (Å²) in [6, 6.07) is 11.6. The maximum atomic E-state index is 13.3. The third kappa shape index (κ3) is 4.21. The third-order valence-electron chi connectivity index (χ3n) is 6.35. The smallest absolute Gasteiger partial charge is 0.243 e. The fourth-order valence-corrected chi connectivity index (χ4v) is 6.04. The van der Waals surface area contributed by atoms with Crippen molar-refractivity contribution in [2.24, 2.45) is 0 Å². The van der Waals surface area contributed by atoms with E-state index in [9.17, 15) is 13.2 Å². The standard InChI is InChI=1S/C24H31N3O3S/c1-4-24(28)27-11-5-6-20-17-21(9-10-22(20)27)31(29,30)26-14-12-25(13-15-26)23-16-18(2)7-8-19(23)3/h7-10,16-17H,4-6,11-15H2,1-3H3. The number of fused-ring (bicyclic) bond motifs is 1. The SMILES string of the molecule is CCC(=O)N1CCCc2cc(S(=O)(=O)N3CCN(c4cc(C)ccc4C)CC3)ccc21. The highest BCUT2D eigenvalue weighted by Crippen LogP contribution is 2.31. The van der Waals surface area contributed by atoms with Gasteiger partial charge in [0, 0.05) is 50.5 Å². The molecule has 7 heteroatoms. The summed E-state index contributed by atoms with van der Waals surface area (Å²) in [6.07, 6.45) is 2.10. The number of hydrogen-bond acceptors (Lipinski definition) is 4. The molecule has 31 heavy (non-hydrogen) atoms. The van der Waals surface area contributed by atoms with E-state index in [1.54, 1.807) is 27.4 Å². The molecule has 2 aromatic rings. The number of rotatable bonds is 4. The Bertz CT molecular complexity index is 1090. The number of carbonyl (C=O) groups is 1. The van der Waals surface area contributed by atoms with Crippen LogP contribution >= 0.6 is 0 Å². The van der Waals surface area contributed by atoms with Gasteiger partial charge in [-0.25, -0.2) is 8.42 Å². The lowest BCUT2D eigenvalue weighted by atomic mass is 10.0. The van der Waals surface area contributed by atoms with Crippen molar-refractivity contribution in [2.45, 2.75) is 44.9 Å². The molecule has 0 saturated carbocycles. The molecule has 0 N–H and O–H groups in total. The Hall–Kier alpha value is -2.38.